The largest absolute Gasteiger partial charge is 0.481 e. The summed E-state index contributed by atoms with van der Waals surface area (Å²) in [7, 11) is 0. The SMILES string of the molecule is C=CC(=O)N1CCC2(CCC2)C(C(=O)O)C1. The van der Waals surface area contributed by atoms with Gasteiger partial charge in [0.25, 0.3) is 0 Å². The lowest BCUT2D eigenvalue weighted by atomic mass is 9.57. The highest BCUT2D eigenvalue weighted by molar-refractivity contribution is 5.87. The van der Waals surface area contributed by atoms with Crippen molar-refractivity contribution in [3.63, 3.8) is 0 Å². The number of carbonyl (C=O) groups excluding carboxylic acids is 1. The number of amides is 1. The lowest BCUT2D eigenvalue weighted by Crippen LogP contribution is -2.54. The van der Waals surface area contributed by atoms with Crippen molar-refractivity contribution in [3.05, 3.63) is 12.7 Å². The first-order valence-corrected chi connectivity index (χ1v) is 5.73. The van der Waals surface area contributed by atoms with Gasteiger partial charge in [0.05, 0.1) is 5.92 Å². The quantitative estimate of drug-likeness (QED) is 0.717. The predicted octanol–water partition coefficient (Wildman–Crippen LogP) is 1.28. The van der Waals surface area contributed by atoms with E-state index in [9.17, 15) is 14.7 Å². The molecular formula is C12H17NO3. The number of carbonyl (C=O) groups is 2. The van der Waals surface area contributed by atoms with E-state index in [0.29, 0.717) is 13.1 Å². The van der Waals surface area contributed by atoms with Crippen molar-refractivity contribution in [1.29, 1.82) is 0 Å². The van der Waals surface area contributed by atoms with E-state index in [0.717, 1.165) is 25.7 Å². The molecule has 0 radical (unpaired) electrons. The van der Waals surface area contributed by atoms with Gasteiger partial charge in [-0.25, -0.2) is 0 Å². The van der Waals surface area contributed by atoms with Gasteiger partial charge in [-0.05, 0) is 30.8 Å². The standard InChI is InChI=1S/C12H17NO3/c1-2-10(14)13-7-6-12(4-3-5-12)9(8-13)11(15)16/h2,9H,1,3-8H2,(H,15,16). The Bertz CT molecular complexity index is 333. The Balaban J connectivity index is 2.12. The summed E-state index contributed by atoms with van der Waals surface area (Å²) in [4.78, 5) is 24.3. The number of carboxylic acid groups (broad SMARTS) is 1. The molecule has 1 aliphatic carbocycles. The summed E-state index contributed by atoms with van der Waals surface area (Å²) in [6.07, 6.45) is 5.21. The molecule has 1 amide bonds. The van der Waals surface area contributed by atoms with Crippen molar-refractivity contribution < 1.29 is 14.7 Å². The van der Waals surface area contributed by atoms with Gasteiger partial charge >= 0.3 is 5.97 Å². The number of hydrogen-bond donors (Lipinski definition) is 1. The average molecular weight is 223 g/mol. The molecular weight excluding hydrogens is 206 g/mol. The van der Waals surface area contributed by atoms with E-state index < -0.39 is 5.97 Å². The second-order valence-corrected chi connectivity index (χ2v) is 4.85. The number of aliphatic carboxylic acids is 1. The molecule has 2 fully saturated rings. The Hall–Kier alpha value is -1.32. The van der Waals surface area contributed by atoms with Crippen LogP contribution in [0.5, 0.6) is 0 Å². The van der Waals surface area contributed by atoms with Gasteiger partial charge in [0, 0.05) is 13.1 Å². The van der Waals surface area contributed by atoms with Crippen LogP contribution in [-0.4, -0.2) is 35.0 Å². The van der Waals surface area contributed by atoms with Crippen molar-refractivity contribution >= 4 is 11.9 Å². The number of nitrogens with zero attached hydrogens (tertiary/aromatic N) is 1. The molecule has 1 unspecified atom stereocenters. The molecule has 1 saturated heterocycles. The maximum Gasteiger partial charge on any atom is 0.308 e. The van der Waals surface area contributed by atoms with Gasteiger partial charge in [0.2, 0.25) is 5.91 Å². The molecule has 88 valence electrons. The molecule has 0 aromatic carbocycles. The Morgan fingerprint density at radius 3 is 2.50 bits per heavy atom. The topological polar surface area (TPSA) is 57.6 Å². The fourth-order valence-electron chi connectivity index (χ4n) is 2.94. The van der Waals surface area contributed by atoms with Crippen LogP contribution in [0, 0.1) is 11.3 Å². The minimum absolute atomic E-state index is 0.0240. The molecule has 2 aliphatic rings. The smallest absolute Gasteiger partial charge is 0.308 e. The maximum absolute atomic E-state index is 11.5. The van der Waals surface area contributed by atoms with Gasteiger partial charge in [-0.2, -0.15) is 0 Å². The summed E-state index contributed by atoms with van der Waals surface area (Å²) >= 11 is 0. The van der Waals surface area contributed by atoms with E-state index in [4.69, 9.17) is 0 Å². The molecule has 0 aromatic rings. The third-order valence-corrected chi connectivity index (χ3v) is 4.16. The van der Waals surface area contributed by atoms with Crippen molar-refractivity contribution in [2.75, 3.05) is 13.1 Å². The molecule has 0 bridgehead atoms. The second kappa shape index (κ2) is 3.92. The van der Waals surface area contributed by atoms with Crippen LogP contribution in [0.15, 0.2) is 12.7 Å². The minimum Gasteiger partial charge on any atom is -0.481 e. The van der Waals surface area contributed by atoms with Crippen LogP contribution in [0.25, 0.3) is 0 Å². The van der Waals surface area contributed by atoms with Crippen LogP contribution in [-0.2, 0) is 9.59 Å². The molecule has 4 nitrogen and oxygen atoms in total. The number of likely N-dealkylation sites (tertiary alicyclic amines) is 1. The molecule has 1 saturated carbocycles. The van der Waals surface area contributed by atoms with Crippen LogP contribution in [0.3, 0.4) is 0 Å². The number of rotatable bonds is 2. The van der Waals surface area contributed by atoms with Crippen molar-refractivity contribution in [1.82, 2.24) is 4.90 Å². The number of hydrogen-bond acceptors (Lipinski definition) is 2. The van der Waals surface area contributed by atoms with Crippen LogP contribution in [0.2, 0.25) is 0 Å². The highest BCUT2D eigenvalue weighted by atomic mass is 16.4. The van der Waals surface area contributed by atoms with Crippen LogP contribution in [0.1, 0.15) is 25.7 Å². The van der Waals surface area contributed by atoms with E-state index in [1.807, 2.05) is 0 Å². The fourth-order valence-corrected chi connectivity index (χ4v) is 2.94. The lowest BCUT2D eigenvalue weighted by molar-refractivity contribution is -0.157. The van der Waals surface area contributed by atoms with Crippen LogP contribution in [0.4, 0.5) is 0 Å². The first-order chi connectivity index (χ1) is 7.59. The molecule has 1 N–H and O–H groups in total. The fraction of sp³-hybridized carbons (Fsp3) is 0.667. The van der Waals surface area contributed by atoms with Gasteiger partial charge in [0.15, 0.2) is 0 Å². The van der Waals surface area contributed by atoms with E-state index in [1.165, 1.54) is 6.08 Å². The van der Waals surface area contributed by atoms with Gasteiger partial charge in [-0.3, -0.25) is 9.59 Å². The molecule has 0 aromatic heterocycles. The monoisotopic (exact) mass is 223 g/mol. The van der Waals surface area contributed by atoms with E-state index in [2.05, 4.69) is 6.58 Å². The van der Waals surface area contributed by atoms with Crippen molar-refractivity contribution in [2.45, 2.75) is 25.7 Å². The Morgan fingerprint density at radius 2 is 2.06 bits per heavy atom. The summed E-state index contributed by atoms with van der Waals surface area (Å²) in [6, 6.07) is 0. The van der Waals surface area contributed by atoms with Crippen molar-refractivity contribution in [2.24, 2.45) is 11.3 Å². The Kier molecular flexibility index (Phi) is 2.74. The zero-order valence-corrected chi connectivity index (χ0v) is 9.32. The highest BCUT2D eigenvalue weighted by Gasteiger charge is 2.50. The average Bonchev–Trinajstić information content (AvgIpc) is 2.24. The van der Waals surface area contributed by atoms with Crippen molar-refractivity contribution in [3.8, 4) is 0 Å². The third-order valence-electron chi connectivity index (χ3n) is 4.16. The second-order valence-electron chi connectivity index (χ2n) is 4.85. The van der Waals surface area contributed by atoms with E-state index >= 15 is 0 Å². The minimum atomic E-state index is -0.763. The molecule has 16 heavy (non-hydrogen) atoms. The van der Waals surface area contributed by atoms with E-state index in [1.54, 1.807) is 4.90 Å². The van der Waals surface area contributed by atoms with Gasteiger partial charge < -0.3 is 10.0 Å². The summed E-state index contributed by atoms with van der Waals surface area (Å²) in [5.41, 5.74) is -0.0240. The molecule has 1 aliphatic heterocycles. The molecule has 2 rings (SSSR count). The first kappa shape index (κ1) is 11.2. The van der Waals surface area contributed by atoms with Gasteiger partial charge in [0.1, 0.15) is 0 Å². The summed E-state index contributed by atoms with van der Waals surface area (Å²) in [6.45, 7) is 4.46. The Labute approximate surface area is 94.9 Å². The maximum atomic E-state index is 11.5. The van der Waals surface area contributed by atoms with Gasteiger partial charge in [-0.15, -0.1) is 0 Å². The van der Waals surface area contributed by atoms with Gasteiger partial charge in [-0.1, -0.05) is 13.0 Å². The lowest BCUT2D eigenvalue weighted by Gasteiger charge is -2.51. The third kappa shape index (κ3) is 1.62. The predicted molar refractivity (Wildman–Crippen MR) is 58.8 cm³/mol. The highest BCUT2D eigenvalue weighted by Crippen LogP contribution is 2.52. The van der Waals surface area contributed by atoms with E-state index in [-0.39, 0.29) is 17.2 Å². The molecule has 1 spiro atoms. The molecule has 4 heteroatoms. The number of carboxylic acids is 1. The molecule has 1 atom stereocenters. The Morgan fingerprint density at radius 1 is 1.38 bits per heavy atom. The van der Waals surface area contributed by atoms with Crippen LogP contribution < -0.4 is 0 Å². The van der Waals surface area contributed by atoms with Crippen LogP contribution >= 0.6 is 0 Å². The zero-order valence-electron chi connectivity index (χ0n) is 9.32. The summed E-state index contributed by atoms with van der Waals surface area (Å²) < 4.78 is 0. The number of piperidine rings is 1. The summed E-state index contributed by atoms with van der Waals surface area (Å²) in [5, 5.41) is 9.25. The molecule has 1 heterocycles. The first-order valence-electron chi connectivity index (χ1n) is 5.73. The normalized spacial score (nSPS) is 27.2. The zero-order chi connectivity index (χ0) is 11.8. The summed E-state index contributed by atoms with van der Waals surface area (Å²) in [5.74, 6) is -1.31.